The lowest BCUT2D eigenvalue weighted by Crippen LogP contribution is -2.41. The highest BCUT2D eigenvalue weighted by molar-refractivity contribution is 6.32. The summed E-state index contributed by atoms with van der Waals surface area (Å²) in [5.74, 6) is -1.80. The van der Waals surface area contributed by atoms with Gasteiger partial charge in [-0.25, -0.2) is 4.79 Å². The van der Waals surface area contributed by atoms with Gasteiger partial charge in [-0.15, -0.1) is 0 Å². The number of benzene rings is 1. The smallest absolute Gasteiger partial charge is 0.396 e. The number of rotatable bonds is 3. The Balaban J connectivity index is 1.96. The number of ether oxygens (including phenoxy) is 1. The highest BCUT2D eigenvalue weighted by Gasteiger charge is 2.32. The van der Waals surface area contributed by atoms with E-state index in [4.69, 9.17) is 0 Å². The van der Waals surface area contributed by atoms with Crippen molar-refractivity contribution in [1.29, 1.82) is 0 Å². The van der Waals surface area contributed by atoms with E-state index in [1.54, 1.807) is 11.8 Å². The molecule has 1 heterocycles. The van der Waals surface area contributed by atoms with Crippen LogP contribution >= 0.6 is 0 Å². The monoisotopic (exact) mass is 276 g/mol. The van der Waals surface area contributed by atoms with Crippen molar-refractivity contribution in [3.63, 3.8) is 0 Å². The van der Waals surface area contributed by atoms with Crippen LogP contribution in [0.25, 0.3) is 0 Å². The van der Waals surface area contributed by atoms with E-state index < -0.39 is 11.9 Å². The molecule has 1 saturated heterocycles. The van der Waals surface area contributed by atoms with E-state index in [1.165, 1.54) is 0 Å². The van der Waals surface area contributed by atoms with Crippen LogP contribution in [0.5, 0.6) is 0 Å². The van der Waals surface area contributed by atoms with Crippen molar-refractivity contribution in [1.82, 2.24) is 5.32 Å². The summed E-state index contributed by atoms with van der Waals surface area (Å²) in [5, 5.41) is 2.52. The largest absolute Gasteiger partial charge is 0.459 e. The second kappa shape index (κ2) is 6.18. The number of esters is 1. The fourth-order valence-electron chi connectivity index (χ4n) is 2.10. The number of nitrogens with one attached hydrogen (secondary N) is 1. The predicted molar refractivity (Wildman–Crippen MR) is 72.0 cm³/mol. The first-order valence-electron chi connectivity index (χ1n) is 6.45. The molecule has 6 heteroatoms. The molecule has 0 radical (unpaired) electrons. The summed E-state index contributed by atoms with van der Waals surface area (Å²) in [6.07, 6.45) is 0.181. The molecule has 1 aliphatic heterocycles. The summed E-state index contributed by atoms with van der Waals surface area (Å²) in [6, 6.07) is 8.82. The van der Waals surface area contributed by atoms with Crippen molar-refractivity contribution in [2.24, 2.45) is 0 Å². The number of carbonyl (C=O) groups is 3. The zero-order valence-corrected chi connectivity index (χ0v) is 11.2. The lowest BCUT2D eigenvalue weighted by Gasteiger charge is -2.16. The second-order valence-electron chi connectivity index (χ2n) is 4.43. The Bertz CT molecular complexity index is 515. The van der Waals surface area contributed by atoms with Crippen LogP contribution in [0.2, 0.25) is 0 Å². The van der Waals surface area contributed by atoms with Gasteiger partial charge in [-0.05, 0) is 19.1 Å². The van der Waals surface area contributed by atoms with E-state index in [9.17, 15) is 14.4 Å². The number of para-hydroxylation sites is 1. The van der Waals surface area contributed by atoms with Gasteiger partial charge in [-0.1, -0.05) is 18.2 Å². The number of carbonyl (C=O) groups excluding carboxylic acids is 3. The van der Waals surface area contributed by atoms with E-state index in [2.05, 4.69) is 10.1 Å². The maximum absolute atomic E-state index is 11.9. The van der Waals surface area contributed by atoms with Crippen LogP contribution in [0.15, 0.2) is 30.3 Å². The summed E-state index contributed by atoms with van der Waals surface area (Å²) < 4.78 is 4.60. The van der Waals surface area contributed by atoms with Crippen LogP contribution in [0.1, 0.15) is 13.3 Å². The fraction of sp³-hybridized carbons (Fsp3) is 0.357. The Kier molecular flexibility index (Phi) is 4.34. The number of hydrogen-bond donors (Lipinski definition) is 1. The van der Waals surface area contributed by atoms with Crippen LogP contribution in [-0.4, -0.2) is 37.0 Å². The molecule has 1 aliphatic rings. The lowest BCUT2D eigenvalue weighted by molar-refractivity contribution is -0.154. The van der Waals surface area contributed by atoms with Gasteiger partial charge in [0.05, 0.1) is 12.6 Å². The lowest BCUT2D eigenvalue weighted by atomic mass is 10.2. The van der Waals surface area contributed by atoms with E-state index in [0.717, 1.165) is 5.69 Å². The van der Waals surface area contributed by atoms with Gasteiger partial charge in [0.15, 0.2) is 0 Å². The van der Waals surface area contributed by atoms with Gasteiger partial charge in [0.2, 0.25) is 5.91 Å². The third kappa shape index (κ3) is 3.14. The molecule has 6 nitrogen and oxygen atoms in total. The Morgan fingerprint density at radius 3 is 2.70 bits per heavy atom. The van der Waals surface area contributed by atoms with Crippen LogP contribution in [-0.2, 0) is 19.1 Å². The maximum Gasteiger partial charge on any atom is 0.396 e. The van der Waals surface area contributed by atoms with E-state index in [-0.39, 0.29) is 25.0 Å². The maximum atomic E-state index is 11.9. The molecule has 0 spiro atoms. The van der Waals surface area contributed by atoms with Gasteiger partial charge in [-0.2, -0.15) is 0 Å². The standard InChI is InChI=1S/C14H16N2O4/c1-2-20-14(19)13(18)15-10-8-12(17)16(9-10)11-6-4-3-5-7-11/h3-7,10H,2,8-9H2,1H3,(H,15,18)/t10-/m0/s1. The van der Waals surface area contributed by atoms with Gasteiger partial charge in [-0.3, -0.25) is 9.59 Å². The number of anilines is 1. The Morgan fingerprint density at radius 2 is 2.05 bits per heavy atom. The molecule has 0 bridgehead atoms. The molecule has 106 valence electrons. The molecule has 0 aliphatic carbocycles. The molecule has 2 rings (SSSR count). The molecule has 0 aromatic heterocycles. The first-order chi connectivity index (χ1) is 9.61. The van der Waals surface area contributed by atoms with Crippen LogP contribution in [0.4, 0.5) is 5.69 Å². The van der Waals surface area contributed by atoms with Crippen molar-refractivity contribution < 1.29 is 19.1 Å². The molecular formula is C14H16N2O4. The van der Waals surface area contributed by atoms with Crippen LogP contribution in [0.3, 0.4) is 0 Å². The molecular weight excluding hydrogens is 260 g/mol. The van der Waals surface area contributed by atoms with Crippen molar-refractivity contribution in [2.45, 2.75) is 19.4 Å². The first-order valence-corrected chi connectivity index (χ1v) is 6.45. The zero-order valence-electron chi connectivity index (χ0n) is 11.2. The molecule has 1 fully saturated rings. The molecule has 0 saturated carbocycles. The zero-order chi connectivity index (χ0) is 14.5. The van der Waals surface area contributed by atoms with Gasteiger partial charge in [0.25, 0.3) is 0 Å². The molecule has 1 atom stereocenters. The average molecular weight is 276 g/mol. The Labute approximate surface area is 116 Å². The molecule has 1 aromatic carbocycles. The molecule has 20 heavy (non-hydrogen) atoms. The van der Waals surface area contributed by atoms with Crippen LogP contribution < -0.4 is 10.2 Å². The van der Waals surface area contributed by atoms with Gasteiger partial charge in [0.1, 0.15) is 0 Å². The molecule has 2 amide bonds. The summed E-state index contributed by atoms with van der Waals surface area (Å²) in [5.41, 5.74) is 0.783. The SMILES string of the molecule is CCOC(=O)C(=O)N[C@H]1CC(=O)N(c2ccccc2)C1. The van der Waals surface area contributed by atoms with E-state index >= 15 is 0 Å². The summed E-state index contributed by atoms with van der Waals surface area (Å²) >= 11 is 0. The van der Waals surface area contributed by atoms with Gasteiger partial charge in [0, 0.05) is 18.7 Å². The quantitative estimate of drug-likeness (QED) is 0.643. The van der Waals surface area contributed by atoms with E-state index in [0.29, 0.717) is 6.54 Å². The normalized spacial score (nSPS) is 17.9. The van der Waals surface area contributed by atoms with Gasteiger partial charge >= 0.3 is 11.9 Å². The first kappa shape index (κ1) is 14.0. The minimum atomic E-state index is -0.918. The van der Waals surface area contributed by atoms with Crippen LogP contribution in [0, 0.1) is 0 Å². The summed E-state index contributed by atoms with van der Waals surface area (Å²) in [7, 11) is 0. The van der Waals surface area contributed by atoms with Crippen molar-refractivity contribution in [3.8, 4) is 0 Å². The Morgan fingerprint density at radius 1 is 1.35 bits per heavy atom. The Hall–Kier alpha value is -2.37. The predicted octanol–water partition coefficient (Wildman–Crippen LogP) is 0.471. The minimum Gasteiger partial charge on any atom is -0.459 e. The number of nitrogens with zero attached hydrogens (tertiary/aromatic N) is 1. The summed E-state index contributed by atoms with van der Waals surface area (Å²) in [4.78, 5) is 36.3. The van der Waals surface area contributed by atoms with Crippen molar-refractivity contribution in [3.05, 3.63) is 30.3 Å². The van der Waals surface area contributed by atoms with Crippen molar-refractivity contribution >= 4 is 23.5 Å². The molecule has 0 unspecified atom stereocenters. The second-order valence-corrected chi connectivity index (χ2v) is 4.43. The minimum absolute atomic E-state index is 0.0784. The number of amides is 2. The highest BCUT2D eigenvalue weighted by atomic mass is 16.5. The van der Waals surface area contributed by atoms with Crippen molar-refractivity contribution in [2.75, 3.05) is 18.1 Å². The summed E-state index contributed by atoms with van der Waals surface area (Å²) in [6.45, 7) is 2.13. The molecule has 1 aromatic rings. The number of hydrogen-bond acceptors (Lipinski definition) is 4. The topological polar surface area (TPSA) is 75.7 Å². The van der Waals surface area contributed by atoms with E-state index in [1.807, 2.05) is 30.3 Å². The fourth-order valence-corrected chi connectivity index (χ4v) is 2.10. The van der Waals surface area contributed by atoms with Gasteiger partial charge < -0.3 is 15.0 Å². The average Bonchev–Trinajstić information content (AvgIpc) is 2.80. The third-order valence-electron chi connectivity index (χ3n) is 2.99. The highest BCUT2D eigenvalue weighted by Crippen LogP contribution is 2.20. The third-order valence-corrected chi connectivity index (χ3v) is 2.99. The molecule has 1 N–H and O–H groups in total.